The number of ether oxygens (including phenoxy) is 1. The number of aliphatic hydroxyl groups is 1. The van der Waals surface area contributed by atoms with Crippen LogP contribution in [0.5, 0.6) is 0 Å². The van der Waals surface area contributed by atoms with Gasteiger partial charge < -0.3 is 26.6 Å². The third-order valence-corrected chi connectivity index (χ3v) is 7.61. The molecule has 1 aliphatic heterocycles. The molecule has 1 aromatic carbocycles. The number of allylic oxidation sites excluding steroid dienone is 1. The van der Waals surface area contributed by atoms with Crippen LogP contribution in [-0.4, -0.2) is 52.2 Å². The van der Waals surface area contributed by atoms with Gasteiger partial charge >= 0.3 is 0 Å². The number of nitrogens with zero attached hydrogens (tertiary/aromatic N) is 3. The maximum Gasteiger partial charge on any atom is 0.228 e. The quantitative estimate of drug-likeness (QED) is 0.229. The highest BCUT2D eigenvalue weighted by atomic mass is 16.5. The van der Waals surface area contributed by atoms with Crippen molar-refractivity contribution in [3.8, 4) is 11.3 Å². The molecule has 1 aromatic heterocycles. The van der Waals surface area contributed by atoms with Gasteiger partial charge in [-0.3, -0.25) is 14.6 Å². The van der Waals surface area contributed by atoms with Crippen molar-refractivity contribution < 1.29 is 19.4 Å². The fourth-order valence-electron chi connectivity index (χ4n) is 5.62. The molecule has 0 bridgehead atoms. The first-order chi connectivity index (χ1) is 18.7. The minimum absolute atomic E-state index is 0.0556. The summed E-state index contributed by atoms with van der Waals surface area (Å²) in [6.07, 6.45) is 4.55. The molecule has 1 unspecified atom stereocenters. The number of amides is 1. The molecule has 210 valence electrons. The molecule has 1 saturated heterocycles. The average Bonchev–Trinajstić information content (AvgIpc) is 3.34. The molecule has 1 amide bonds. The molecule has 6 N–H and O–H groups in total. The zero-order chi connectivity index (χ0) is 28.1. The largest absolute Gasteiger partial charge is 0.401 e. The van der Waals surface area contributed by atoms with Crippen molar-refractivity contribution in [1.29, 1.82) is 0 Å². The number of carbonyl (C=O) groups excluding carboxylic acids is 2. The molecule has 2 aromatic rings. The number of ketones is 1. The summed E-state index contributed by atoms with van der Waals surface area (Å²) in [6.45, 7) is 4.29. The predicted molar refractivity (Wildman–Crippen MR) is 150 cm³/mol. The zero-order valence-electron chi connectivity index (χ0n) is 23.0. The minimum atomic E-state index is -1.39. The van der Waals surface area contributed by atoms with Gasteiger partial charge in [0, 0.05) is 36.8 Å². The van der Waals surface area contributed by atoms with E-state index in [1.165, 1.54) is 7.05 Å². The van der Waals surface area contributed by atoms with Crippen molar-refractivity contribution in [2.75, 3.05) is 13.7 Å². The van der Waals surface area contributed by atoms with Crippen molar-refractivity contribution in [3.63, 3.8) is 0 Å². The summed E-state index contributed by atoms with van der Waals surface area (Å²) >= 11 is 0. The van der Waals surface area contributed by atoms with Crippen LogP contribution in [0.2, 0.25) is 0 Å². The molecule has 10 nitrogen and oxygen atoms in total. The predicted octanol–water partition coefficient (Wildman–Crippen LogP) is 3.20. The van der Waals surface area contributed by atoms with Gasteiger partial charge in [0.1, 0.15) is 11.9 Å². The summed E-state index contributed by atoms with van der Waals surface area (Å²) in [5, 5.41) is 17.3. The Kier molecular flexibility index (Phi) is 9.32. The van der Waals surface area contributed by atoms with Gasteiger partial charge in [-0.05, 0) is 57.6 Å². The first-order valence-corrected chi connectivity index (χ1v) is 13.7. The molecule has 10 heteroatoms. The van der Waals surface area contributed by atoms with Crippen molar-refractivity contribution >= 4 is 17.4 Å². The van der Waals surface area contributed by atoms with Crippen LogP contribution in [0.1, 0.15) is 74.1 Å². The standard InChI is InChI=1S/C29H40N6O4/c1-17-16-23(35(34-17)24-10-6-7-15-39-24)19-11-13-20(14-12-19)27(36)21-8-4-5-9-22(21)29(38)33-25(18(2)30)26(32-3)28(31)37/h11-14,16,21-22,24,28,37H,4-10,15,30-31H2,1-3H3,(H,33,38)/b25-18+,32-26?/t21-,22-,24?,28+/m1/s1. The number of Topliss-reactive ketones (excluding diaryl/α,β-unsaturated/α-hetero) is 1. The average molecular weight is 537 g/mol. The Balaban J connectivity index is 1.53. The van der Waals surface area contributed by atoms with E-state index in [1.54, 1.807) is 6.92 Å². The molecule has 1 aliphatic carbocycles. The number of hydrogen-bond acceptors (Lipinski definition) is 8. The molecule has 1 saturated carbocycles. The molecule has 2 aliphatic rings. The lowest BCUT2D eigenvalue weighted by molar-refractivity contribution is -0.126. The second kappa shape index (κ2) is 12.7. The first-order valence-electron chi connectivity index (χ1n) is 13.7. The Morgan fingerprint density at radius 2 is 1.79 bits per heavy atom. The number of nitrogens with one attached hydrogen (secondary N) is 1. The lowest BCUT2D eigenvalue weighted by Crippen LogP contribution is -2.44. The number of rotatable bonds is 8. The number of aryl methyl sites for hydroxylation is 1. The molecule has 0 spiro atoms. The van der Waals surface area contributed by atoms with Crippen molar-refractivity contribution in [2.45, 2.75) is 71.2 Å². The number of hydrogen-bond donors (Lipinski definition) is 4. The van der Waals surface area contributed by atoms with Gasteiger partial charge in [-0.25, -0.2) is 4.68 Å². The Hall–Kier alpha value is -3.34. The van der Waals surface area contributed by atoms with Gasteiger partial charge in [0.05, 0.1) is 17.1 Å². The Bertz CT molecular complexity index is 1240. The normalized spacial score (nSPS) is 23.6. The number of nitrogens with two attached hydrogens (primary N) is 2. The zero-order valence-corrected chi connectivity index (χ0v) is 23.0. The Labute approximate surface area is 229 Å². The number of aliphatic imine (C=N–C) groups is 1. The van der Waals surface area contributed by atoms with Crippen molar-refractivity contribution in [3.05, 3.63) is 53.0 Å². The molecule has 4 rings (SSSR count). The molecule has 2 heterocycles. The van der Waals surface area contributed by atoms with E-state index in [9.17, 15) is 14.7 Å². The van der Waals surface area contributed by atoms with Gasteiger partial charge in [-0.1, -0.05) is 37.1 Å². The van der Waals surface area contributed by atoms with Crippen LogP contribution in [0.4, 0.5) is 0 Å². The molecular weight excluding hydrogens is 496 g/mol. The summed E-state index contributed by atoms with van der Waals surface area (Å²) < 4.78 is 7.91. The highest BCUT2D eigenvalue weighted by Crippen LogP contribution is 2.34. The lowest BCUT2D eigenvalue weighted by atomic mass is 9.75. The summed E-state index contributed by atoms with van der Waals surface area (Å²) in [5.41, 5.74) is 15.5. The van der Waals surface area contributed by atoms with E-state index in [0.717, 1.165) is 55.7 Å². The van der Waals surface area contributed by atoms with Crippen molar-refractivity contribution in [1.82, 2.24) is 15.1 Å². The van der Waals surface area contributed by atoms with Crippen LogP contribution in [0.25, 0.3) is 11.3 Å². The van der Waals surface area contributed by atoms with Crippen LogP contribution in [0.15, 0.2) is 46.7 Å². The highest BCUT2D eigenvalue weighted by Gasteiger charge is 2.37. The summed E-state index contributed by atoms with van der Waals surface area (Å²) in [6, 6.07) is 9.57. The monoisotopic (exact) mass is 536 g/mol. The van der Waals surface area contributed by atoms with Crippen LogP contribution < -0.4 is 16.8 Å². The fourth-order valence-corrected chi connectivity index (χ4v) is 5.62. The molecule has 39 heavy (non-hydrogen) atoms. The maximum absolute atomic E-state index is 13.7. The van der Waals surface area contributed by atoms with Crippen molar-refractivity contribution in [2.24, 2.45) is 28.3 Å². The molecular formula is C29H40N6O4. The topological polar surface area (TPSA) is 158 Å². The van der Waals surface area contributed by atoms with Crippen LogP contribution in [-0.2, 0) is 9.53 Å². The third-order valence-electron chi connectivity index (χ3n) is 7.61. The maximum atomic E-state index is 13.7. The lowest BCUT2D eigenvalue weighted by Gasteiger charge is -2.30. The number of benzene rings is 1. The second-order valence-electron chi connectivity index (χ2n) is 10.5. The number of carbonyl (C=O) groups is 2. The van der Waals surface area contributed by atoms with E-state index < -0.39 is 18.1 Å². The third kappa shape index (κ3) is 6.46. The number of aliphatic hydroxyl groups excluding tert-OH is 1. The van der Waals surface area contributed by atoms with E-state index >= 15 is 0 Å². The van der Waals surface area contributed by atoms with Gasteiger partial charge in [0.2, 0.25) is 5.91 Å². The molecule has 2 fully saturated rings. The fraction of sp³-hybridized carbons (Fsp3) is 0.517. The smallest absolute Gasteiger partial charge is 0.228 e. The van der Waals surface area contributed by atoms with Gasteiger partial charge in [0.25, 0.3) is 0 Å². The second-order valence-corrected chi connectivity index (χ2v) is 10.5. The Morgan fingerprint density at radius 1 is 1.13 bits per heavy atom. The molecule has 4 atom stereocenters. The van der Waals surface area contributed by atoms with E-state index in [4.69, 9.17) is 16.2 Å². The van der Waals surface area contributed by atoms with Crippen LogP contribution in [0.3, 0.4) is 0 Å². The van der Waals surface area contributed by atoms with E-state index in [0.29, 0.717) is 18.4 Å². The van der Waals surface area contributed by atoms with Crippen LogP contribution in [0, 0.1) is 18.8 Å². The van der Waals surface area contributed by atoms with Crippen LogP contribution >= 0.6 is 0 Å². The van der Waals surface area contributed by atoms with E-state index in [-0.39, 0.29) is 35.0 Å². The first kappa shape index (κ1) is 28.7. The summed E-state index contributed by atoms with van der Waals surface area (Å²) in [5.74, 6) is -1.36. The number of aromatic nitrogens is 2. The van der Waals surface area contributed by atoms with Gasteiger partial charge in [-0.2, -0.15) is 5.10 Å². The summed E-state index contributed by atoms with van der Waals surface area (Å²) in [4.78, 5) is 31.0. The molecule has 0 radical (unpaired) electrons. The highest BCUT2D eigenvalue weighted by molar-refractivity contribution is 6.07. The Morgan fingerprint density at radius 3 is 2.38 bits per heavy atom. The van der Waals surface area contributed by atoms with E-state index in [2.05, 4.69) is 15.4 Å². The summed E-state index contributed by atoms with van der Waals surface area (Å²) in [7, 11) is 1.47. The van der Waals surface area contributed by atoms with Gasteiger partial charge in [-0.15, -0.1) is 0 Å². The SMILES string of the molecule is CN=C(/C(NC(=O)[C@@H]1CCCC[C@H]1C(=O)c1ccc(-c2cc(C)nn2C2CCCCO2)cc1)=C(/C)N)[C@@H](N)O. The van der Waals surface area contributed by atoms with Gasteiger partial charge in [0.15, 0.2) is 12.0 Å². The van der Waals surface area contributed by atoms with E-state index in [1.807, 2.05) is 41.9 Å². The minimum Gasteiger partial charge on any atom is -0.401 e.